The highest BCUT2D eigenvalue weighted by molar-refractivity contribution is 5.96. The topological polar surface area (TPSA) is 75.6 Å². The fraction of sp³-hybridized carbons (Fsp3) is 0.529. The number of carboxylic acids is 1. The van der Waals surface area contributed by atoms with E-state index in [0.717, 1.165) is 31.4 Å². The van der Waals surface area contributed by atoms with Crippen molar-refractivity contribution in [3.63, 3.8) is 0 Å². The second-order valence-corrected chi connectivity index (χ2v) is 5.77. The summed E-state index contributed by atoms with van der Waals surface area (Å²) < 4.78 is 5.54. The number of aliphatic carboxylic acids is 1. The largest absolute Gasteiger partial charge is 0.494 e. The van der Waals surface area contributed by atoms with Gasteiger partial charge in [-0.25, -0.2) is 4.79 Å². The number of benzene rings is 1. The van der Waals surface area contributed by atoms with Gasteiger partial charge < -0.3 is 15.2 Å². The number of carbonyl (C=O) groups is 2. The lowest BCUT2D eigenvalue weighted by atomic mass is 10.1. The number of carbonyl (C=O) groups excluding carboxylic acids is 1. The molecule has 0 spiro atoms. The average Bonchev–Trinajstić information content (AvgIpc) is 3.31. The van der Waals surface area contributed by atoms with E-state index in [1.807, 2.05) is 0 Å². The van der Waals surface area contributed by atoms with Gasteiger partial charge in [-0.2, -0.15) is 0 Å². The molecule has 0 aromatic heterocycles. The van der Waals surface area contributed by atoms with Crippen LogP contribution in [0, 0.1) is 5.92 Å². The summed E-state index contributed by atoms with van der Waals surface area (Å²) in [7, 11) is 0. The first-order chi connectivity index (χ1) is 10.6. The molecule has 0 saturated heterocycles. The Kier molecular flexibility index (Phi) is 5.81. The lowest BCUT2D eigenvalue weighted by molar-refractivity contribution is -0.139. The van der Waals surface area contributed by atoms with Gasteiger partial charge in [-0.3, -0.25) is 4.79 Å². The number of unbranched alkanes of at least 4 members (excludes halogenated alkanes) is 1. The molecule has 22 heavy (non-hydrogen) atoms. The maximum absolute atomic E-state index is 12.1. The molecule has 1 saturated carbocycles. The predicted octanol–water partition coefficient (Wildman–Crippen LogP) is 2.85. The van der Waals surface area contributed by atoms with E-state index in [2.05, 4.69) is 12.2 Å². The van der Waals surface area contributed by atoms with E-state index >= 15 is 0 Å². The molecule has 0 aliphatic heterocycles. The van der Waals surface area contributed by atoms with Gasteiger partial charge in [-0.1, -0.05) is 26.2 Å². The Balaban J connectivity index is 1.89. The molecule has 120 valence electrons. The molecule has 0 radical (unpaired) electrons. The standard InChI is InChI=1S/C17H23NO4/c1-2-3-10-22-14-8-6-13(7-9-14)16(19)18-15(17(20)21)11-12-4-5-12/h6-9,12,15H,2-5,10-11H2,1H3,(H,18,19)(H,20,21). The van der Waals surface area contributed by atoms with Crippen LogP contribution >= 0.6 is 0 Å². The van der Waals surface area contributed by atoms with Crippen LogP contribution in [-0.2, 0) is 4.79 Å². The Bertz CT molecular complexity index is 508. The molecule has 1 aromatic rings. The summed E-state index contributed by atoms with van der Waals surface area (Å²) in [6.45, 7) is 2.75. The van der Waals surface area contributed by atoms with E-state index in [1.165, 1.54) is 0 Å². The second-order valence-electron chi connectivity index (χ2n) is 5.77. The summed E-state index contributed by atoms with van der Waals surface area (Å²) >= 11 is 0. The molecule has 5 nitrogen and oxygen atoms in total. The van der Waals surface area contributed by atoms with Crippen molar-refractivity contribution in [1.29, 1.82) is 0 Å². The van der Waals surface area contributed by atoms with Crippen LogP contribution in [0.2, 0.25) is 0 Å². The van der Waals surface area contributed by atoms with E-state index < -0.39 is 12.0 Å². The molecule has 1 aliphatic carbocycles. The highest BCUT2D eigenvalue weighted by Crippen LogP contribution is 2.33. The zero-order valence-corrected chi connectivity index (χ0v) is 12.9. The van der Waals surface area contributed by atoms with Crippen molar-refractivity contribution in [2.75, 3.05) is 6.61 Å². The summed E-state index contributed by atoms with van der Waals surface area (Å²) in [6, 6.07) is 5.99. The van der Waals surface area contributed by atoms with Crippen molar-refractivity contribution < 1.29 is 19.4 Å². The highest BCUT2D eigenvalue weighted by Gasteiger charge is 2.30. The van der Waals surface area contributed by atoms with E-state index in [-0.39, 0.29) is 5.91 Å². The van der Waals surface area contributed by atoms with Crippen LogP contribution in [0.4, 0.5) is 0 Å². The van der Waals surface area contributed by atoms with Crippen molar-refractivity contribution >= 4 is 11.9 Å². The zero-order chi connectivity index (χ0) is 15.9. The van der Waals surface area contributed by atoms with Crippen molar-refractivity contribution in [2.45, 2.75) is 45.1 Å². The molecule has 1 unspecified atom stereocenters. The van der Waals surface area contributed by atoms with E-state index in [1.54, 1.807) is 24.3 Å². The van der Waals surface area contributed by atoms with Gasteiger partial charge in [0, 0.05) is 5.56 Å². The zero-order valence-electron chi connectivity index (χ0n) is 12.9. The fourth-order valence-electron chi connectivity index (χ4n) is 2.19. The van der Waals surface area contributed by atoms with Crippen LogP contribution in [0.3, 0.4) is 0 Å². The maximum Gasteiger partial charge on any atom is 0.326 e. The number of amides is 1. The predicted molar refractivity (Wildman–Crippen MR) is 83.1 cm³/mol. The average molecular weight is 305 g/mol. The first-order valence-corrected chi connectivity index (χ1v) is 7.86. The number of ether oxygens (including phenoxy) is 1. The van der Waals surface area contributed by atoms with Crippen molar-refractivity contribution in [2.24, 2.45) is 5.92 Å². The fourth-order valence-corrected chi connectivity index (χ4v) is 2.19. The normalized spacial score (nSPS) is 15.1. The Morgan fingerprint density at radius 3 is 2.55 bits per heavy atom. The smallest absolute Gasteiger partial charge is 0.326 e. The van der Waals surface area contributed by atoms with Crippen LogP contribution in [-0.4, -0.2) is 29.6 Å². The summed E-state index contributed by atoms with van der Waals surface area (Å²) in [4.78, 5) is 23.3. The lowest BCUT2D eigenvalue weighted by Gasteiger charge is -2.14. The third-order valence-electron chi connectivity index (χ3n) is 3.75. The van der Waals surface area contributed by atoms with Gasteiger partial charge >= 0.3 is 5.97 Å². The van der Waals surface area contributed by atoms with Gasteiger partial charge in [0.05, 0.1) is 6.61 Å². The van der Waals surface area contributed by atoms with Gasteiger partial charge in [0.25, 0.3) is 5.91 Å². The first kappa shape index (κ1) is 16.3. The minimum absolute atomic E-state index is 0.354. The minimum Gasteiger partial charge on any atom is -0.494 e. The number of rotatable bonds is 9. The maximum atomic E-state index is 12.1. The number of hydrogen-bond acceptors (Lipinski definition) is 3. The molecule has 1 fully saturated rings. The first-order valence-electron chi connectivity index (χ1n) is 7.86. The minimum atomic E-state index is -0.972. The number of nitrogens with one attached hydrogen (secondary N) is 1. The summed E-state index contributed by atoms with van der Waals surface area (Å²) in [5, 5.41) is 11.8. The van der Waals surface area contributed by atoms with Gasteiger partial charge in [-0.15, -0.1) is 0 Å². The molecular formula is C17H23NO4. The molecule has 1 aromatic carbocycles. The van der Waals surface area contributed by atoms with Gasteiger partial charge in [0.1, 0.15) is 11.8 Å². The molecule has 1 aliphatic rings. The van der Waals surface area contributed by atoms with Gasteiger partial charge in [-0.05, 0) is 43.0 Å². The van der Waals surface area contributed by atoms with Crippen LogP contribution in [0.15, 0.2) is 24.3 Å². The summed E-state index contributed by atoms with van der Waals surface area (Å²) in [5.41, 5.74) is 0.449. The lowest BCUT2D eigenvalue weighted by Crippen LogP contribution is -2.41. The van der Waals surface area contributed by atoms with Crippen molar-refractivity contribution in [3.05, 3.63) is 29.8 Å². The molecule has 2 rings (SSSR count). The summed E-state index contributed by atoms with van der Waals surface area (Å²) in [6.07, 6.45) is 4.69. The Morgan fingerprint density at radius 2 is 2.00 bits per heavy atom. The Labute approximate surface area is 130 Å². The molecule has 5 heteroatoms. The van der Waals surface area contributed by atoms with E-state index in [4.69, 9.17) is 4.74 Å². The third-order valence-corrected chi connectivity index (χ3v) is 3.75. The molecule has 0 heterocycles. The second kappa shape index (κ2) is 7.82. The SMILES string of the molecule is CCCCOc1ccc(C(=O)NC(CC2CC2)C(=O)O)cc1. The Hall–Kier alpha value is -2.04. The van der Waals surface area contributed by atoms with Crippen LogP contribution in [0.1, 0.15) is 49.4 Å². The molecule has 1 atom stereocenters. The number of hydrogen-bond donors (Lipinski definition) is 2. The molecule has 0 bridgehead atoms. The van der Waals surface area contributed by atoms with E-state index in [0.29, 0.717) is 24.5 Å². The summed E-state index contributed by atoms with van der Waals surface area (Å²) in [5.74, 6) is -0.165. The van der Waals surface area contributed by atoms with Crippen molar-refractivity contribution in [1.82, 2.24) is 5.32 Å². The monoisotopic (exact) mass is 305 g/mol. The highest BCUT2D eigenvalue weighted by atomic mass is 16.5. The van der Waals surface area contributed by atoms with Crippen LogP contribution in [0.25, 0.3) is 0 Å². The van der Waals surface area contributed by atoms with Crippen LogP contribution in [0.5, 0.6) is 5.75 Å². The van der Waals surface area contributed by atoms with Gasteiger partial charge in [0.15, 0.2) is 0 Å². The van der Waals surface area contributed by atoms with Gasteiger partial charge in [0.2, 0.25) is 0 Å². The molecule has 2 N–H and O–H groups in total. The van der Waals surface area contributed by atoms with E-state index in [9.17, 15) is 14.7 Å². The quantitative estimate of drug-likeness (QED) is 0.688. The molecule has 1 amide bonds. The van der Waals surface area contributed by atoms with Crippen LogP contribution < -0.4 is 10.1 Å². The molecular weight excluding hydrogens is 282 g/mol. The Morgan fingerprint density at radius 1 is 1.32 bits per heavy atom. The third kappa shape index (κ3) is 5.06. The number of carboxylic acid groups (broad SMARTS) is 1. The van der Waals surface area contributed by atoms with Crippen molar-refractivity contribution in [3.8, 4) is 5.75 Å².